The van der Waals surface area contributed by atoms with Crippen LogP contribution in [0.5, 0.6) is 0 Å². The molecule has 1 atom stereocenters. The molecule has 1 heterocycles. The van der Waals surface area contributed by atoms with Gasteiger partial charge in [-0.15, -0.1) is 5.73 Å². The van der Waals surface area contributed by atoms with E-state index in [1.54, 1.807) is 11.8 Å². The third-order valence-corrected chi connectivity index (χ3v) is 3.69. The first-order valence-electron chi connectivity index (χ1n) is 7.69. The molecular weight excluding hydrogens is 262 g/mol. The van der Waals surface area contributed by atoms with E-state index in [1.807, 2.05) is 0 Å². The molecule has 0 unspecified atom stereocenters. The Morgan fingerprint density at radius 3 is 2.57 bits per heavy atom. The van der Waals surface area contributed by atoms with Gasteiger partial charge < -0.3 is 9.64 Å². The molecule has 0 saturated carbocycles. The van der Waals surface area contributed by atoms with Crippen molar-refractivity contribution in [3.05, 3.63) is 29.0 Å². The van der Waals surface area contributed by atoms with Gasteiger partial charge in [-0.2, -0.15) is 0 Å². The number of rotatable bonds is 5. The first-order chi connectivity index (χ1) is 9.74. The molecule has 0 radical (unpaired) electrons. The van der Waals surface area contributed by atoms with Gasteiger partial charge in [0.25, 0.3) is 0 Å². The van der Waals surface area contributed by atoms with E-state index in [9.17, 15) is 4.79 Å². The highest BCUT2D eigenvalue weighted by molar-refractivity contribution is 5.73. The van der Waals surface area contributed by atoms with Crippen molar-refractivity contribution in [3.8, 4) is 0 Å². The minimum absolute atomic E-state index is 0.0724. The standard InChI is InChI=1S/C18H29NO2/c1-14(2)8-7-9-15(3)10-11-18(5,6)17-19(16(4)20)12-13-21-17/h8,11,17H,7,9,12-13H2,1-6H3/t10?,17-/m1/s1. The summed E-state index contributed by atoms with van der Waals surface area (Å²) in [4.78, 5) is 13.4. The van der Waals surface area contributed by atoms with Crippen molar-refractivity contribution in [1.82, 2.24) is 4.90 Å². The Kier molecular flexibility index (Phi) is 6.44. The quantitative estimate of drug-likeness (QED) is 0.564. The zero-order valence-electron chi connectivity index (χ0n) is 14.3. The largest absolute Gasteiger partial charge is 0.356 e. The van der Waals surface area contributed by atoms with Gasteiger partial charge in [0.2, 0.25) is 5.91 Å². The van der Waals surface area contributed by atoms with E-state index in [-0.39, 0.29) is 17.6 Å². The fourth-order valence-electron chi connectivity index (χ4n) is 2.44. The zero-order chi connectivity index (χ0) is 16.0. The fourth-order valence-corrected chi connectivity index (χ4v) is 2.44. The maximum Gasteiger partial charge on any atom is 0.221 e. The number of hydrogen-bond acceptors (Lipinski definition) is 2. The van der Waals surface area contributed by atoms with Crippen LogP contribution in [0.15, 0.2) is 29.0 Å². The van der Waals surface area contributed by atoms with Crippen molar-refractivity contribution in [3.63, 3.8) is 0 Å². The van der Waals surface area contributed by atoms with Crippen LogP contribution in [0.25, 0.3) is 0 Å². The first kappa shape index (κ1) is 17.7. The second-order valence-electron chi connectivity index (χ2n) is 6.65. The Balaban J connectivity index is 2.76. The molecule has 0 N–H and O–H groups in total. The van der Waals surface area contributed by atoms with E-state index < -0.39 is 0 Å². The Labute approximate surface area is 129 Å². The van der Waals surface area contributed by atoms with Crippen LogP contribution in [0.4, 0.5) is 0 Å². The average molecular weight is 291 g/mol. The molecule has 1 rings (SSSR count). The number of nitrogens with zero attached hydrogens (tertiary/aromatic N) is 1. The van der Waals surface area contributed by atoms with Gasteiger partial charge in [-0.3, -0.25) is 4.79 Å². The van der Waals surface area contributed by atoms with Crippen LogP contribution >= 0.6 is 0 Å². The minimum Gasteiger partial charge on any atom is -0.356 e. The van der Waals surface area contributed by atoms with Gasteiger partial charge in [-0.25, -0.2) is 0 Å². The maximum absolute atomic E-state index is 11.6. The highest BCUT2D eigenvalue weighted by atomic mass is 16.5. The van der Waals surface area contributed by atoms with Gasteiger partial charge in [0.1, 0.15) is 6.23 Å². The monoisotopic (exact) mass is 291 g/mol. The van der Waals surface area contributed by atoms with E-state index in [0.717, 1.165) is 12.8 Å². The Morgan fingerprint density at radius 2 is 2.00 bits per heavy atom. The summed E-state index contributed by atoms with van der Waals surface area (Å²) in [6, 6.07) is 0. The van der Waals surface area contributed by atoms with Crippen LogP contribution in [0, 0.1) is 5.41 Å². The van der Waals surface area contributed by atoms with Gasteiger partial charge >= 0.3 is 0 Å². The smallest absolute Gasteiger partial charge is 0.221 e. The molecule has 0 aromatic carbocycles. The molecule has 1 fully saturated rings. The topological polar surface area (TPSA) is 29.5 Å². The lowest BCUT2D eigenvalue weighted by Crippen LogP contribution is -2.43. The van der Waals surface area contributed by atoms with Crippen LogP contribution in [-0.4, -0.2) is 30.2 Å². The van der Waals surface area contributed by atoms with Crippen molar-refractivity contribution >= 4 is 5.91 Å². The molecular formula is C18H29NO2. The molecule has 0 aromatic heterocycles. The van der Waals surface area contributed by atoms with Gasteiger partial charge in [0, 0.05) is 18.9 Å². The molecule has 1 amide bonds. The average Bonchev–Trinajstić information content (AvgIpc) is 2.86. The molecule has 3 nitrogen and oxygen atoms in total. The molecule has 0 spiro atoms. The number of ether oxygens (including phenoxy) is 1. The van der Waals surface area contributed by atoms with Crippen LogP contribution < -0.4 is 0 Å². The SMILES string of the molecule is CC(=O)N1CCO[C@@H]1C(C)(C)C=C=C(C)CCC=C(C)C. The first-order valence-corrected chi connectivity index (χ1v) is 7.69. The number of amides is 1. The summed E-state index contributed by atoms with van der Waals surface area (Å²) in [7, 11) is 0. The maximum atomic E-state index is 11.6. The molecule has 21 heavy (non-hydrogen) atoms. The van der Waals surface area contributed by atoms with Crippen LogP contribution in [0.2, 0.25) is 0 Å². The lowest BCUT2D eigenvalue weighted by atomic mass is 9.90. The van der Waals surface area contributed by atoms with E-state index in [4.69, 9.17) is 4.74 Å². The molecule has 1 saturated heterocycles. The molecule has 3 heteroatoms. The van der Waals surface area contributed by atoms with Crippen molar-refractivity contribution < 1.29 is 9.53 Å². The highest BCUT2D eigenvalue weighted by Crippen LogP contribution is 2.31. The minimum atomic E-state index is -0.236. The zero-order valence-corrected chi connectivity index (χ0v) is 14.3. The van der Waals surface area contributed by atoms with Crippen LogP contribution in [-0.2, 0) is 9.53 Å². The van der Waals surface area contributed by atoms with Crippen LogP contribution in [0.3, 0.4) is 0 Å². The Hall–Kier alpha value is -1.31. The number of carbonyl (C=O) groups excluding carboxylic acids is 1. The number of allylic oxidation sites excluding steroid dienone is 2. The summed E-state index contributed by atoms with van der Waals surface area (Å²) in [5.41, 5.74) is 5.72. The van der Waals surface area contributed by atoms with E-state index >= 15 is 0 Å². The third kappa shape index (κ3) is 5.53. The van der Waals surface area contributed by atoms with E-state index in [1.165, 1.54) is 11.1 Å². The van der Waals surface area contributed by atoms with Crippen molar-refractivity contribution in [2.75, 3.05) is 13.2 Å². The van der Waals surface area contributed by atoms with Crippen molar-refractivity contribution in [2.24, 2.45) is 5.41 Å². The lowest BCUT2D eigenvalue weighted by Gasteiger charge is -2.33. The van der Waals surface area contributed by atoms with E-state index in [2.05, 4.69) is 52.5 Å². The van der Waals surface area contributed by atoms with E-state index in [0.29, 0.717) is 13.2 Å². The molecule has 0 aliphatic carbocycles. The summed E-state index contributed by atoms with van der Waals surface area (Å²) in [6.45, 7) is 13.4. The Bertz CT molecular complexity index is 464. The predicted octanol–water partition coefficient (Wildman–Crippen LogP) is 4.07. The summed E-state index contributed by atoms with van der Waals surface area (Å²) < 4.78 is 5.75. The summed E-state index contributed by atoms with van der Waals surface area (Å²) in [5.74, 6) is 0.0724. The lowest BCUT2D eigenvalue weighted by molar-refractivity contribution is -0.138. The number of carbonyl (C=O) groups is 1. The summed E-state index contributed by atoms with van der Waals surface area (Å²) in [6.07, 6.45) is 6.17. The van der Waals surface area contributed by atoms with Crippen LogP contribution in [0.1, 0.15) is 54.4 Å². The molecule has 118 valence electrons. The molecule has 1 aliphatic heterocycles. The summed E-state index contributed by atoms with van der Waals surface area (Å²) in [5, 5.41) is 0. The summed E-state index contributed by atoms with van der Waals surface area (Å²) >= 11 is 0. The Morgan fingerprint density at radius 1 is 1.33 bits per heavy atom. The van der Waals surface area contributed by atoms with Crippen molar-refractivity contribution in [1.29, 1.82) is 0 Å². The number of hydrogen-bond donors (Lipinski definition) is 0. The van der Waals surface area contributed by atoms with Gasteiger partial charge in [-0.05, 0) is 45.3 Å². The second-order valence-corrected chi connectivity index (χ2v) is 6.65. The van der Waals surface area contributed by atoms with Gasteiger partial charge in [0.15, 0.2) is 0 Å². The van der Waals surface area contributed by atoms with Crippen molar-refractivity contribution in [2.45, 2.75) is 60.6 Å². The highest BCUT2D eigenvalue weighted by Gasteiger charge is 2.38. The normalized spacial score (nSPS) is 18.2. The fraction of sp³-hybridized carbons (Fsp3) is 0.667. The van der Waals surface area contributed by atoms with Gasteiger partial charge in [-0.1, -0.05) is 25.5 Å². The predicted molar refractivity (Wildman–Crippen MR) is 86.8 cm³/mol. The second kappa shape index (κ2) is 7.63. The van der Waals surface area contributed by atoms with Gasteiger partial charge in [0.05, 0.1) is 6.61 Å². The molecule has 1 aliphatic rings. The molecule has 0 bridgehead atoms. The third-order valence-electron chi connectivity index (χ3n) is 3.69. The molecule has 0 aromatic rings.